The number of Topliss-reactive ketones (excluding diaryl/α,β-unsaturated/α-hetero) is 1. The zero-order valence-corrected chi connectivity index (χ0v) is 13.3. The molecule has 0 bridgehead atoms. The maximum atomic E-state index is 13.7. The minimum Gasteiger partial charge on any atom is -0.504 e. The molecule has 24 heavy (non-hydrogen) atoms. The lowest BCUT2D eigenvalue weighted by molar-refractivity contribution is 0.0967. The zero-order valence-electron chi connectivity index (χ0n) is 12.6. The number of aromatic nitrogens is 1. The smallest absolute Gasteiger partial charge is 0.170 e. The lowest BCUT2D eigenvalue weighted by atomic mass is 10.0. The van der Waals surface area contributed by atoms with Gasteiger partial charge in [0.05, 0.1) is 10.5 Å². The molecule has 0 spiro atoms. The van der Waals surface area contributed by atoms with Crippen molar-refractivity contribution in [3.05, 3.63) is 59.0 Å². The van der Waals surface area contributed by atoms with Crippen LogP contribution in [0, 0.1) is 11.7 Å². The third kappa shape index (κ3) is 2.63. The van der Waals surface area contributed by atoms with Crippen molar-refractivity contribution in [3.8, 4) is 16.9 Å². The predicted octanol–water partition coefficient (Wildman–Crippen LogP) is 4.99. The van der Waals surface area contributed by atoms with Gasteiger partial charge in [-0.2, -0.15) is 0 Å². The van der Waals surface area contributed by atoms with Crippen molar-refractivity contribution >= 4 is 28.3 Å². The Morgan fingerprint density at radius 1 is 1.17 bits per heavy atom. The lowest BCUT2D eigenvalue weighted by Crippen LogP contribution is -2.01. The number of fused-ring (bicyclic) bond motifs is 1. The van der Waals surface area contributed by atoms with Gasteiger partial charge in [-0.1, -0.05) is 17.7 Å². The largest absolute Gasteiger partial charge is 0.504 e. The van der Waals surface area contributed by atoms with Crippen LogP contribution >= 0.6 is 11.6 Å². The van der Waals surface area contributed by atoms with Crippen molar-refractivity contribution in [1.29, 1.82) is 0 Å². The van der Waals surface area contributed by atoms with Crippen LogP contribution in [0.2, 0.25) is 5.02 Å². The zero-order chi connectivity index (χ0) is 16.8. The number of carbonyl (C=O) groups excluding carboxylic acids is 1. The van der Waals surface area contributed by atoms with Crippen molar-refractivity contribution in [1.82, 2.24) is 4.98 Å². The first kappa shape index (κ1) is 15.1. The number of aromatic hydroxyl groups is 1. The van der Waals surface area contributed by atoms with Gasteiger partial charge in [-0.25, -0.2) is 4.39 Å². The van der Waals surface area contributed by atoms with Crippen LogP contribution in [0.5, 0.6) is 5.75 Å². The number of nitrogens with zero attached hydrogens (tertiary/aromatic N) is 1. The average molecular weight is 342 g/mol. The second kappa shape index (κ2) is 5.56. The van der Waals surface area contributed by atoms with Crippen molar-refractivity contribution in [3.63, 3.8) is 0 Å². The summed E-state index contributed by atoms with van der Waals surface area (Å²) in [7, 11) is 0. The fourth-order valence-electron chi connectivity index (χ4n) is 2.76. The van der Waals surface area contributed by atoms with E-state index in [0.29, 0.717) is 11.1 Å². The highest BCUT2D eigenvalue weighted by Crippen LogP contribution is 2.35. The van der Waals surface area contributed by atoms with Gasteiger partial charge in [0.2, 0.25) is 0 Å². The van der Waals surface area contributed by atoms with Crippen LogP contribution < -0.4 is 0 Å². The van der Waals surface area contributed by atoms with Gasteiger partial charge in [0.1, 0.15) is 0 Å². The Hall–Kier alpha value is -2.46. The van der Waals surface area contributed by atoms with E-state index in [-0.39, 0.29) is 16.7 Å². The summed E-state index contributed by atoms with van der Waals surface area (Å²) in [5.41, 5.74) is 2.66. The molecule has 1 heterocycles. The summed E-state index contributed by atoms with van der Waals surface area (Å²) in [4.78, 5) is 16.5. The lowest BCUT2D eigenvalue weighted by Gasteiger charge is -2.07. The van der Waals surface area contributed by atoms with E-state index in [4.69, 9.17) is 11.6 Å². The molecule has 4 rings (SSSR count). The molecular formula is C19H13ClFNO2. The molecule has 0 radical (unpaired) electrons. The predicted molar refractivity (Wildman–Crippen MR) is 90.9 cm³/mol. The number of phenolic OH excluding ortho intramolecular Hbond substituents is 1. The van der Waals surface area contributed by atoms with E-state index < -0.39 is 11.6 Å². The highest BCUT2D eigenvalue weighted by Gasteiger charge is 2.30. The van der Waals surface area contributed by atoms with E-state index in [1.807, 2.05) is 18.2 Å². The minimum atomic E-state index is -0.770. The molecule has 1 aliphatic rings. The minimum absolute atomic E-state index is 0.0408. The van der Waals surface area contributed by atoms with Gasteiger partial charge in [-0.3, -0.25) is 9.78 Å². The van der Waals surface area contributed by atoms with Crippen molar-refractivity contribution in [2.24, 2.45) is 5.92 Å². The van der Waals surface area contributed by atoms with Gasteiger partial charge >= 0.3 is 0 Å². The second-order valence-electron chi connectivity index (χ2n) is 6.06. The topological polar surface area (TPSA) is 50.2 Å². The molecule has 120 valence electrons. The van der Waals surface area contributed by atoms with Gasteiger partial charge in [0.15, 0.2) is 17.3 Å². The summed E-state index contributed by atoms with van der Waals surface area (Å²) in [6.07, 6.45) is 3.50. The van der Waals surface area contributed by atoms with Crippen LogP contribution in [-0.2, 0) is 0 Å². The number of pyridine rings is 1. The van der Waals surface area contributed by atoms with Gasteiger partial charge in [-0.05, 0) is 54.3 Å². The molecule has 0 aliphatic heterocycles. The Kier molecular flexibility index (Phi) is 3.50. The molecule has 3 aromatic rings. The number of carbonyl (C=O) groups is 1. The molecule has 5 heteroatoms. The molecule has 0 unspecified atom stereocenters. The third-order valence-electron chi connectivity index (χ3n) is 4.26. The van der Waals surface area contributed by atoms with Gasteiger partial charge in [0, 0.05) is 23.1 Å². The van der Waals surface area contributed by atoms with Gasteiger partial charge in [0.25, 0.3) is 0 Å². The van der Waals surface area contributed by atoms with E-state index in [0.717, 1.165) is 29.3 Å². The van der Waals surface area contributed by atoms with Crippen LogP contribution in [0.3, 0.4) is 0 Å². The summed E-state index contributed by atoms with van der Waals surface area (Å²) < 4.78 is 13.7. The van der Waals surface area contributed by atoms with E-state index in [1.54, 1.807) is 12.3 Å². The van der Waals surface area contributed by atoms with Crippen LogP contribution in [0.4, 0.5) is 4.39 Å². The monoisotopic (exact) mass is 341 g/mol. The molecule has 0 atom stereocenters. The molecule has 1 fully saturated rings. The Balaban J connectivity index is 1.80. The van der Waals surface area contributed by atoms with E-state index in [9.17, 15) is 14.3 Å². The summed E-state index contributed by atoms with van der Waals surface area (Å²) in [5, 5.41) is 10.2. The quantitative estimate of drug-likeness (QED) is 0.682. The fraction of sp³-hybridized carbons (Fsp3) is 0.158. The molecule has 2 aromatic carbocycles. The number of hydrogen-bond donors (Lipinski definition) is 1. The van der Waals surface area contributed by atoms with E-state index >= 15 is 0 Å². The number of ketones is 1. The van der Waals surface area contributed by atoms with Gasteiger partial charge < -0.3 is 5.11 Å². The molecule has 1 aliphatic carbocycles. The normalized spacial score (nSPS) is 14.1. The number of rotatable bonds is 3. The average Bonchev–Trinajstić information content (AvgIpc) is 3.42. The van der Waals surface area contributed by atoms with Crippen LogP contribution in [0.15, 0.2) is 42.6 Å². The third-order valence-corrected chi connectivity index (χ3v) is 4.55. The number of benzene rings is 2. The van der Waals surface area contributed by atoms with E-state index in [1.165, 1.54) is 12.1 Å². The van der Waals surface area contributed by atoms with Gasteiger partial charge in [-0.15, -0.1) is 0 Å². The summed E-state index contributed by atoms with van der Waals surface area (Å²) in [6.45, 7) is 0. The van der Waals surface area contributed by atoms with Crippen LogP contribution in [0.25, 0.3) is 22.0 Å². The first-order chi connectivity index (χ1) is 11.5. The number of hydrogen-bond acceptors (Lipinski definition) is 3. The standard InChI is InChI=1S/C19H13ClFNO2/c20-15-7-12(8-16(21)19(15)24)11-3-4-17-13(5-11)6-14(9-22-17)18(23)10-1-2-10/h3-10,24H,1-2H2. The van der Waals surface area contributed by atoms with Crippen LogP contribution in [0.1, 0.15) is 23.2 Å². The van der Waals surface area contributed by atoms with E-state index in [2.05, 4.69) is 4.98 Å². The first-order valence-electron chi connectivity index (χ1n) is 7.65. The molecule has 1 N–H and O–H groups in total. The highest BCUT2D eigenvalue weighted by atomic mass is 35.5. The molecule has 3 nitrogen and oxygen atoms in total. The molecule has 0 amide bonds. The van der Waals surface area contributed by atoms with Crippen molar-refractivity contribution < 1.29 is 14.3 Å². The molecule has 1 saturated carbocycles. The molecular weight excluding hydrogens is 329 g/mol. The highest BCUT2D eigenvalue weighted by molar-refractivity contribution is 6.32. The number of phenols is 1. The summed E-state index contributed by atoms with van der Waals surface area (Å²) in [5.74, 6) is -1.06. The van der Waals surface area contributed by atoms with Crippen LogP contribution in [-0.4, -0.2) is 15.9 Å². The molecule has 1 aromatic heterocycles. The second-order valence-corrected chi connectivity index (χ2v) is 6.47. The summed E-state index contributed by atoms with van der Waals surface area (Å²) in [6, 6.07) is 10.0. The summed E-state index contributed by atoms with van der Waals surface area (Å²) >= 11 is 5.85. The Morgan fingerprint density at radius 3 is 2.67 bits per heavy atom. The van der Waals surface area contributed by atoms with Crippen molar-refractivity contribution in [2.45, 2.75) is 12.8 Å². The SMILES string of the molecule is O=C(c1cnc2ccc(-c3cc(F)c(O)c(Cl)c3)cc2c1)C1CC1. The maximum Gasteiger partial charge on any atom is 0.170 e. The fourth-order valence-corrected chi connectivity index (χ4v) is 2.97. The Labute approximate surface area is 142 Å². The van der Waals surface area contributed by atoms with Crippen molar-refractivity contribution in [2.75, 3.05) is 0 Å². The Morgan fingerprint density at radius 2 is 1.96 bits per heavy atom. The number of halogens is 2. The Bertz CT molecular complexity index is 959. The molecule has 0 saturated heterocycles. The maximum absolute atomic E-state index is 13.7. The first-order valence-corrected chi connectivity index (χ1v) is 8.03.